The van der Waals surface area contributed by atoms with Gasteiger partial charge in [0.05, 0.1) is 5.60 Å². The van der Waals surface area contributed by atoms with Gasteiger partial charge in [-0.2, -0.15) is 0 Å². The number of hydrogen-bond acceptors (Lipinski definition) is 2. The van der Waals surface area contributed by atoms with E-state index in [1.807, 2.05) is 6.92 Å². The Balaban J connectivity index is 1.15. The fourth-order valence-electron chi connectivity index (χ4n) is 6.08. The van der Waals surface area contributed by atoms with Gasteiger partial charge in [-0.3, -0.25) is 4.79 Å². The Morgan fingerprint density at radius 2 is 1.81 bits per heavy atom. The molecule has 1 heterocycles. The Hall–Kier alpha value is -1.35. The molecule has 1 amide bonds. The summed E-state index contributed by atoms with van der Waals surface area (Å²) in [6.45, 7) is 3.76. The Morgan fingerprint density at radius 1 is 1.12 bits per heavy atom. The van der Waals surface area contributed by atoms with Gasteiger partial charge >= 0.3 is 0 Å². The summed E-state index contributed by atoms with van der Waals surface area (Å²) in [5.74, 6) is 1.09. The molecule has 3 heteroatoms. The second-order valence-electron chi connectivity index (χ2n) is 9.95. The van der Waals surface area contributed by atoms with Crippen LogP contribution in [-0.4, -0.2) is 34.6 Å². The van der Waals surface area contributed by atoms with Crippen molar-refractivity contribution in [2.24, 2.45) is 11.3 Å². The number of nitrogens with zero attached hydrogens (tertiary/aromatic N) is 1. The van der Waals surface area contributed by atoms with Crippen LogP contribution >= 0.6 is 0 Å². The molecule has 0 unspecified atom stereocenters. The van der Waals surface area contributed by atoms with Gasteiger partial charge in [-0.15, -0.1) is 0 Å². The van der Waals surface area contributed by atoms with Crippen LogP contribution < -0.4 is 0 Å². The monoisotopic (exact) mass is 353 g/mol. The summed E-state index contributed by atoms with van der Waals surface area (Å²) in [5.41, 5.74) is 4.53. The summed E-state index contributed by atoms with van der Waals surface area (Å²) in [7, 11) is 0. The number of amides is 1. The van der Waals surface area contributed by atoms with Gasteiger partial charge in [-0.1, -0.05) is 18.2 Å². The van der Waals surface area contributed by atoms with E-state index in [1.165, 1.54) is 44.9 Å². The van der Waals surface area contributed by atoms with Crippen LogP contribution in [0, 0.1) is 11.3 Å². The molecule has 0 radical (unpaired) electrons. The van der Waals surface area contributed by atoms with Gasteiger partial charge in [0.1, 0.15) is 0 Å². The Bertz CT molecular complexity index is 714. The maximum Gasteiger partial charge on any atom is 0.225 e. The predicted octanol–water partition coefficient (Wildman–Crippen LogP) is 3.82. The lowest BCUT2D eigenvalue weighted by molar-refractivity contribution is -0.163. The molecule has 1 aromatic rings. The van der Waals surface area contributed by atoms with E-state index >= 15 is 0 Å². The number of aryl methyl sites for hydroxylation is 2. The lowest BCUT2D eigenvalue weighted by atomic mass is 9.63. The molecule has 0 aromatic heterocycles. The van der Waals surface area contributed by atoms with Crippen LogP contribution in [0.15, 0.2) is 18.2 Å². The highest BCUT2D eigenvalue weighted by Gasteiger charge is 2.51. The molecule has 3 fully saturated rings. The van der Waals surface area contributed by atoms with Crippen LogP contribution in [0.5, 0.6) is 0 Å². The first kappa shape index (κ1) is 16.8. The molecule has 0 bridgehead atoms. The molecule has 2 saturated carbocycles. The van der Waals surface area contributed by atoms with Crippen LogP contribution in [0.1, 0.15) is 74.5 Å². The van der Waals surface area contributed by atoms with Crippen LogP contribution in [0.3, 0.4) is 0 Å². The third kappa shape index (κ3) is 2.79. The molecule has 0 atom stereocenters. The van der Waals surface area contributed by atoms with Gasteiger partial charge in [0.15, 0.2) is 0 Å². The Labute approximate surface area is 156 Å². The highest BCUT2D eigenvalue weighted by atomic mass is 16.3. The second-order valence-corrected chi connectivity index (χ2v) is 9.95. The highest BCUT2D eigenvalue weighted by molar-refractivity contribution is 5.81. The topological polar surface area (TPSA) is 40.5 Å². The van der Waals surface area contributed by atoms with Crippen molar-refractivity contribution in [1.82, 2.24) is 4.90 Å². The summed E-state index contributed by atoms with van der Waals surface area (Å²) in [6, 6.07) is 7.25. The van der Waals surface area contributed by atoms with Crippen LogP contribution in [0.4, 0.5) is 0 Å². The summed E-state index contributed by atoms with van der Waals surface area (Å²) in [5, 5.41) is 9.87. The third-order valence-electron chi connectivity index (χ3n) is 7.73. The zero-order valence-electron chi connectivity index (χ0n) is 16.0. The fourth-order valence-corrected chi connectivity index (χ4v) is 6.08. The highest BCUT2D eigenvalue weighted by Crippen LogP contribution is 2.50. The number of carbonyl (C=O) groups is 1. The minimum atomic E-state index is -0.600. The normalized spacial score (nSPS) is 32.8. The Kier molecular flexibility index (Phi) is 3.76. The van der Waals surface area contributed by atoms with Crippen LogP contribution in [0.25, 0.3) is 0 Å². The minimum Gasteiger partial charge on any atom is -0.390 e. The van der Waals surface area contributed by atoms with E-state index in [2.05, 4.69) is 23.1 Å². The molecule has 1 spiro atoms. The largest absolute Gasteiger partial charge is 0.390 e. The molecule has 1 aliphatic heterocycles. The molecule has 3 aliphatic carbocycles. The summed E-state index contributed by atoms with van der Waals surface area (Å²) in [6.07, 6.45) is 10.2. The van der Waals surface area contributed by atoms with E-state index in [-0.39, 0.29) is 5.92 Å². The number of hydrogen-bond donors (Lipinski definition) is 1. The quantitative estimate of drug-likeness (QED) is 0.878. The molecule has 3 nitrogen and oxygen atoms in total. The van der Waals surface area contributed by atoms with Gasteiger partial charge in [-0.25, -0.2) is 0 Å². The number of aliphatic hydroxyl groups is 1. The molecule has 1 N–H and O–H groups in total. The maximum atomic E-state index is 12.5. The number of rotatable bonds is 2. The van der Waals surface area contributed by atoms with E-state index in [9.17, 15) is 9.90 Å². The molecule has 140 valence electrons. The fraction of sp³-hybridized carbons (Fsp3) is 0.696. The zero-order valence-corrected chi connectivity index (χ0v) is 16.0. The second kappa shape index (κ2) is 5.82. The van der Waals surface area contributed by atoms with E-state index in [1.54, 1.807) is 16.7 Å². The lowest BCUT2D eigenvalue weighted by Gasteiger charge is -2.55. The van der Waals surface area contributed by atoms with Gasteiger partial charge in [0.25, 0.3) is 0 Å². The Morgan fingerprint density at radius 3 is 2.50 bits per heavy atom. The molecule has 26 heavy (non-hydrogen) atoms. The van der Waals surface area contributed by atoms with E-state index < -0.39 is 5.60 Å². The van der Waals surface area contributed by atoms with Gasteiger partial charge in [0.2, 0.25) is 5.91 Å². The van der Waals surface area contributed by atoms with E-state index in [0.717, 1.165) is 19.0 Å². The van der Waals surface area contributed by atoms with Crippen molar-refractivity contribution in [3.8, 4) is 0 Å². The predicted molar refractivity (Wildman–Crippen MR) is 102 cm³/mol. The number of likely N-dealkylation sites (tertiary alicyclic amines) is 1. The molecule has 1 saturated heterocycles. The van der Waals surface area contributed by atoms with E-state index in [0.29, 0.717) is 24.2 Å². The van der Waals surface area contributed by atoms with Crippen molar-refractivity contribution >= 4 is 5.91 Å². The average Bonchev–Trinajstić information content (AvgIpc) is 3.04. The van der Waals surface area contributed by atoms with Gasteiger partial charge in [-0.05, 0) is 87.3 Å². The molecule has 5 rings (SSSR count). The molecular weight excluding hydrogens is 322 g/mol. The summed E-state index contributed by atoms with van der Waals surface area (Å²) < 4.78 is 0. The van der Waals surface area contributed by atoms with Crippen LogP contribution in [-0.2, 0) is 17.6 Å². The molecule has 4 aliphatic rings. The van der Waals surface area contributed by atoms with Crippen LogP contribution in [0.2, 0.25) is 0 Å². The van der Waals surface area contributed by atoms with E-state index in [4.69, 9.17) is 0 Å². The number of fused-ring (bicyclic) bond motifs is 1. The van der Waals surface area contributed by atoms with Gasteiger partial charge < -0.3 is 10.0 Å². The van der Waals surface area contributed by atoms with Crippen molar-refractivity contribution in [2.75, 3.05) is 13.1 Å². The van der Waals surface area contributed by atoms with Crippen molar-refractivity contribution in [2.45, 2.75) is 76.2 Å². The third-order valence-corrected chi connectivity index (χ3v) is 7.73. The summed E-state index contributed by atoms with van der Waals surface area (Å²) in [4.78, 5) is 14.6. The maximum absolute atomic E-state index is 12.5. The molecule has 1 aromatic carbocycles. The van der Waals surface area contributed by atoms with Crippen molar-refractivity contribution in [3.63, 3.8) is 0 Å². The average molecular weight is 354 g/mol. The number of benzene rings is 1. The first-order chi connectivity index (χ1) is 12.4. The van der Waals surface area contributed by atoms with Crippen molar-refractivity contribution in [3.05, 3.63) is 34.9 Å². The standard InChI is InChI=1S/C23H31NO2/c1-22(26)12-20(13-22)21(25)24-14-23(15-24)9-7-17(8-10-23)19-6-5-16-3-2-4-18(16)11-19/h5-6,11,17,20,26H,2-4,7-10,12-15H2,1H3. The van der Waals surface area contributed by atoms with Crippen molar-refractivity contribution < 1.29 is 9.90 Å². The molecular formula is C23H31NO2. The minimum absolute atomic E-state index is 0.0742. The van der Waals surface area contributed by atoms with Gasteiger partial charge in [0, 0.05) is 24.4 Å². The lowest BCUT2D eigenvalue weighted by Crippen LogP contribution is -2.62. The zero-order chi connectivity index (χ0) is 17.9. The first-order valence-corrected chi connectivity index (χ1v) is 10.6. The SMILES string of the molecule is CC1(O)CC(C(=O)N2CC3(CCC(c4ccc5c(c4)CCC5)CC3)C2)C1. The van der Waals surface area contributed by atoms with Crippen molar-refractivity contribution in [1.29, 1.82) is 0 Å². The smallest absolute Gasteiger partial charge is 0.225 e. The number of carbonyl (C=O) groups excluding carboxylic acids is 1. The first-order valence-electron chi connectivity index (χ1n) is 10.6. The summed E-state index contributed by atoms with van der Waals surface area (Å²) >= 11 is 0.